The van der Waals surface area contributed by atoms with Crippen molar-refractivity contribution in [2.24, 2.45) is 0 Å². The Morgan fingerprint density at radius 3 is 2.34 bits per heavy atom. The van der Waals surface area contributed by atoms with E-state index in [0.717, 1.165) is 33.1 Å². The van der Waals surface area contributed by atoms with Gasteiger partial charge in [-0.3, -0.25) is 13.9 Å². The lowest BCUT2D eigenvalue weighted by Gasteiger charge is -2.21. The molecule has 0 aliphatic carbocycles. The predicted molar refractivity (Wildman–Crippen MR) is 119 cm³/mol. The number of aromatic nitrogens is 2. The summed E-state index contributed by atoms with van der Waals surface area (Å²) in [5, 5.41) is 0. The maximum Gasteiger partial charge on any atom is 0.331 e. The number of aryl methyl sites for hydroxylation is 1. The Morgan fingerprint density at radius 2 is 1.69 bits per heavy atom. The van der Waals surface area contributed by atoms with E-state index < -0.39 is 22.9 Å². The summed E-state index contributed by atoms with van der Waals surface area (Å²) in [5.74, 6) is -1.53. The predicted octanol–water partition coefficient (Wildman–Crippen LogP) is 2.99. The normalized spacial score (nSPS) is 10.8. The maximum atomic E-state index is 14.2. The molecule has 0 N–H and O–H groups in total. The van der Waals surface area contributed by atoms with Gasteiger partial charge in [-0.25, -0.2) is 13.6 Å². The third kappa shape index (κ3) is 5.38. The smallest absolute Gasteiger partial charge is 0.331 e. The molecule has 0 bridgehead atoms. The summed E-state index contributed by atoms with van der Waals surface area (Å²) in [7, 11) is 1.68. The molecule has 0 unspecified atom stereocenters. The van der Waals surface area contributed by atoms with E-state index in [1.165, 1.54) is 12.3 Å². The highest BCUT2D eigenvalue weighted by Gasteiger charge is 2.17. The van der Waals surface area contributed by atoms with Crippen LogP contribution in [0, 0.1) is 11.6 Å². The molecule has 0 atom stereocenters. The Morgan fingerprint density at radius 1 is 1.00 bits per heavy atom. The molecule has 0 radical (unpaired) electrons. The van der Waals surface area contributed by atoms with Gasteiger partial charge >= 0.3 is 5.69 Å². The fraction of sp³-hybridized carbons (Fsp3) is 0.292. The summed E-state index contributed by atoms with van der Waals surface area (Å²) >= 11 is 0. The molecule has 0 amide bonds. The molecule has 32 heavy (non-hydrogen) atoms. The van der Waals surface area contributed by atoms with Gasteiger partial charge in [0, 0.05) is 38.3 Å². The fourth-order valence-corrected chi connectivity index (χ4v) is 3.48. The van der Waals surface area contributed by atoms with E-state index in [1.807, 2.05) is 30.3 Å². The molecule has 2 aromatic carbocycles. The van der Waals surface area contributed by atoms with Crippen molar-refractivity contribution in [3.05, 3.63) is 98.3 Å². The number of halogens is 2. The molecule has 0 fully saturated rings. The van der Waals surface area contributed by atoms with Crippen LogP contribution in [0.5, 0.6) is 0 Å². The van der Waals surface area contributed by atoms with Gasteiger partial charge in [0.25, 0.3) is 5.56 Å². The minimum atomic E-state index is -0.764. The Balaban J connectivity index is 2.02. The molecule has 0 saturated heterocycles. The van der Waals surface area contributed by atoms with Crippen LogP contribution < -0.4 is 16.1 Å². The topological polar surface area (TPSA) is 64.3 Å². The van der Waals surface area contributed by atoms with Gasteiger partial charge in [-0.1, -0.05) is 36.4 Å². The van der Waals surface area contributed by atoms with Crippen LogP contribution in [0.3, 0.4) is 0 Å². The van der Waals surface area contributed by atoms with Gasteiger partial charge in [-0.2, -0.15) is 0 Å². The first kappa shape index (κ1) is 23.1. The van der Waals surface area contributed by atoms with Gasteiger partial charge in [-0.05, 0) is 30.5 Å². The van der Waals surface area contributed by atoms with Crippen LogP contribution >= 0.6 is 0 Å². The highest BCUT2D eigenvalue weighted by atomic mass is 19.1. The zero-order valence-corrected chi connectivity index (χ0v) is 17.8. The van der Waals surface area contributed by atoms with Crippen LogP contribution in [-0.2, 0) is 24.3 Å². The molecular weight excluding hydrogens is 416 g/mol. The zero-order valence-electron chi connectivity index (χ0n) is 17.8. The standard InChI is InChI=1S/C24H25F2N3O3/c1-27(13-5-6-15-30)22-17-28(16-19-20(25)10-7-11-21(19)26)24(32)29(23(22)31)14-12-18-8-3-2-4-9-18/h2-4,7-11,15,17H,5-6,12-14,16H2,1H3. The number of nitrogens with zero attached hydrogens (tertiary/aromatic N) is 3. The minimum absolute atomic E-state index is 0.122. The second-order valence-electron chi connectivity index (χ2n) is 7.55. The van der Waals surface area contributed by atoms with Crippen LogP contribution in [0.4, 0.5) is 14.5 Å². The van der Waals surface area contributed by atoms with Crippen LogP contribution in [0.25, 0.3) is 0 Å². The molecule has 8 heteroatoms. The number of hydrogen-bond donors (Lipinski definition) is 0. The number of hydrogen-bond acceptors (Lipinski definition) is 4. The van der Waals surface area contributed by atoms with Gasteiger partial charge in [0.2, 0.25) is 0 Å². The summed E-state index contributed by atoms with van der Waals surface area (Å²) in [6, 6.07) is 12.9. The van der Waals surface area contributed by atoms with Crippen LogP contribution in [0.1, 0.15) is 24.0 Å². The number of benzene rings is 2. The van der Waals surface area contributed by atoms with E-state index in [0.29, 0.717) is 25.8 Å². The maximum absolute atomic E-state index is 14.2. The number of carbonyl (C=O) groups excluding carboxylic acids is 1. The van der Waals surface area contributed by atoms with Crippen LogP contribution in [0.2, 0.25) is 0 Å². The SMILES string of the molecule is CN(CCCC=O)c1cn(Cc2c(F)cccc2F)c(=O)n(CCc2ccccc2)c1=O. The lowest BCUT2D eigenvalue weighted by atomic mass is 10.1. The Kier molecular flexibility index (Phi) is 7.70. The molecule has 168 valence electrons. The number of unbranched alkanes of at least 4 members (excludes halogenated alkanes) is 1. The first-order valence-corrected chi connectivity index (χ1v) is 10.4. The quantitative estimate of drug-likeness (QED) is 0.359. The Hall–Kier alpha value is -3.55. The number of rotatable bonds is 10. The van der Waals surface area contributed by atoms with Gasteiger partial charge in [-0.15, -0.1) is 0 Å². The van der Waals surface area contributed by atoms with Crippen molar-refractivity contribution in [3.8, 4) is 0 Å². The second-order valence-corrected chi connectivity index (χ2v) is 7.55. The van der Waals surface area contributed by atoms with Gasteiger partial charge in [0.1, 0.15) is 23.6 Å². The first-order valence-electron chi connectivity index (χ1n) is 10.4. The molecule has 1 aromatic heterocycles. The first-order chi connectivity index (χ1) is 15.4. The summed E-state index contributed by atoms with van der Waals surface area (Å²) in [6.07, 6.45) is 3.45. The van der Waals surface area contributed by atoms with Crippen molar-refractivity contribution in [1.29, 1.82) is 0 Å². The van der Waals surface area contributed by atoms with E-state index in [1.54, 1.807) is 11.9 Å². The highest BCUT2D eigenvalue weighted by molar-refractivity contribution is 5.49. The van der Waals surface area contributed by atoms with E-state index >= 15 is 0 Å². The molecule has 0 spiro atoms. The van der Waals surface area contributed by atoms with Gasteiger partial charge in [0.05, 0.1) is 6.54 Å². The van der Waals surface area contributed by atoms with Gasteiger partial charge < -0.3 is 9.69 Å². The Labute approximate surface area is 184 Å². The lowest BCUT2D eigenvalue weighted by Crippen LogP contribution is -2.43. The summed E-state index contributed by atoms with van der Waals surface area (Å²) in [5.41, 5.74) is -0.198. The number of aldehydes is 1. The third-order valence-electron chi connectivity index (χ3n) is 5.30. The molecular formula is C24H25F2N3O3. The summed E-state index contributed by atoms with van der Waals surface area (Å²) < 4.78 is 30.7. The molecule has 3 aromatic rings. The summed E-state index contributed by atoms with van der Waals surface area (Å²) in [6.45, 7) is 0.189. The third-order valence-corrected chi connectivity index (χ3v) is 5.30. The number of carbonyl (C=O) groups is 1. The van der Waals surface area contributed by atoms with Crippen molar-refractivity contribution in [2.45, 2.75) is 32.4 Å². The summed E-state index contributed by atoms with van der Waals surface area (Å²) in [4.78, 5) is 38.5. The Bertz CT molecular complexity index is 1170. The monoisotopic (exact) mass is 441 g/mol. The van der Waals surface area contributed by atoms with E-state index in [2.05, 4.69) is 0 Å². The molecule has 3 rings (SSSR count). The molecule has 0 aliphatic heterocycles. The average molecular weight is 441 g/mol. The van der Waals surface area contributed by atoms with E-state index in [4.69, 9.17) is 0 Å². The molecule has 0 saturated carbocycles. The zero-order chi connectivity index (χ0) is 23.1. The van der Waals surface area contributed by atoms with Crippen LogP contribution in [0.15, 0.2) is 64.3 Å². The number of anilines is 1. The second kappa shape index (κ2) is 10.7. The van der Waals surface area contributed by atoms with Crippen molar-refractivity contribution in [2.75, 3.05) is 18.5 Å². The molecule has 0 aliphatic rings. The highest BCUT2D eigenvalue weighted by Crippen LogP contribution is 2.14. The average Bonchev–Trinajstić information content (AvgIpc) is 2.78. The van der Waals surface area contributed by atoms with Crippen molar-refractivity contribution < 1.29 is 13.6 Å². The van der Waals surface area contributed by atoms with Crippen LogP contribution in [-0.4, -0.2) is 29.0 Å². The van der Waals surface area contributed by atoms with E-state index in [-0.39, 0.29) is 24.3 Å². The molecule has 6 nitrogen and oxygen atoms in total. The lowest BCUT2D eigenvalue weighted by molar-refractivity contribution is -0.107. The van der Waals surface area contributed by atoms with Crippen molar-refractivity contribution in [3.63, 3.8) is 0 Å². The van der Waals surface area contributed by atoms with Crippen molar-refractivity contribution >= 4 is 12.0 Å². The largest absolute Gasteiger partial charge is 0.369 e. The molecule has 1 heterocycles. The minimum Gasteiger partial charge on any atom is -0.369 e. The van der Waals surface area contributed by atoms with Gasteiger partial charge in [0.15, 0.2) is 0 Å². The van der Waals surface area contributed by atoms with E-state index in [9.17, 15) is 23.2 Å². The van der Waals surface area contributed by atoms with Crippen molar-refractivity contribution in [1.82, 2.24) is 9.13 Å². The fourth-order valence-electron chi connectivity index (χ4n) is 3.48.